The number of aromatic nitrogens is 2. The first-order valence-electron chi connectivity index (χ1n) is 10.0. The minimum atomic E-state index is 0.825. The molecule has 2 aromatic heterocycles. The maximum atomic E-state index is 5.63. The van der Waals surface area contributed by atoms with E-state index in [1.54, 1.807) is 11.3 Å². The van der Waals surface area contributed by atoms with Crippen LogP contribution < -0.4 is 9.64 Å². The third-order valence-electron chi connectivity index (χ3n) is 5.95. The highest BCUT2D eigenvalue weighted by Crippen LogP contribution is 2.35. The Balaban J connectivity index is 1.32. The molecule has 6 heteroatoms. The van der Waals surface area contributed by atoms with E-state index in [1.807, 2.05) is 6.92 Å². The van der Waals surface area contributed by atoms with Crippen molar-refractivity contribution in [1.29, 1.82) is 0 Å². The van der Waals surface area contributed by atoms with Crippen LogP contribution in [-0.4, -0.2) is 47.7 Å². The van der Waals surface area contributed by atoms with E-state index in [-0.39, 0.29) is 0 Å². The first-order chi connectivity index (χ1) is 13.6. The van der Waals surface area contributed by atoms with Crippen molar-refractivity contribution in [1.82, 2.24) is 14.9 Å². The number of aryl methyl sites for hydroxylation is 3. The molecule has 0 aliphatic carbocycles. The summed E-state index contributed by atoms with van der Waals surface area (Å²) in [7, 11) is 0. The van der Waals surface area contributed by atoms with E-state index in [4.69, 9.17) is 9.72 Å². The third kappa shape index (κ3) is 3.14. The summed E-state index contributed by atoms with van der Waals surface area (Å²) in [6.45, 7) is 12.3. The molecule has 0 N–H and O–H groups in total. The second-order valence-electron chi connectivity index (χ2n) is 7.86. The van der Waals surface area contributed by atoms with Crippen LogP contribution in [-0.2, 0) is 13.0 Å². The lowest BCUT2D eigenvalue weighted by Gasteiger charge is -2.36. The van der Waals surface area contributed by atoms with E-state index in [2.05, 4.69) is 46.8 Å². The van der Waals surface area contributed by atoms with Gasteiger partial charge in [0.15, 0.2) is 0 Å². The van der Waals surface area contributed by atoms with Gasteiger partial charge in [-0.2, -0.15) is 0 Å². The van der Waals surface area contributed by atoms with Crippen LogP contribution in [0.2, 0.25) is 0 Å². The molecule has 1 aromatic carbocycles. The van der Waals surface area contributed by atoms with Crippen molar-refractivity contribution in [2.24, 2.45) is 0 Å². The lowest BCUT2D eigenvalue weighted by Crippen LogP contribution is -2.46. The van der Waals surface area contributed by atoms with Gasteiger partial charge in [-0.15, -0.1) is 11.3 Å². The Labute approximate surface area is 170 Å². The maximum absolute atomic E-state index is 5.63. The fourth-order valence-corrected chi connectivity index (χ4v) is 5.34. The summed E-state index contributed by atoms with van der Waals surface area (Å²) in [4.78, 5) is 17.0. The van der Waals surface area contributed by atoms with Crippen molar-refractivity contribution in [3.8, 4) is 5.75 Å². The summed E-state index contributed by atoms with van der Waals surface area (Å²) in [5.41, 5.74) is 4.08. The fraction of sp³-hybridized carbons (Fsp3) is 0.455. The molecule has 146 valence electrons. The van der Waals surface area contributed by atoms with Gasteiger partial charge in [-0.3, -0.25) is 4.90 Å². The van der Waals surface area contributed by atoms with Crippen LogP contribution in [0.1, 0.15) is 27.4 Å². The molecule has 2 aliphatic heterocycles. The molecule has 0 amide bonds. The van der Waals surface area contributed by atoms with E-state index >= 15 is 0 Å². The second-order valence-corrected chi connectivity index (χ2v) is 9.06. The summed E-state index contributed by atoms with van der Waals surface area (Å²) in [5.74, 6) is 3.06. The predicted molar refractivity (Wildman–Crippen MR) is 115 cm³/mol. The zero-order chi connectivity index (χ0) is 19.3. The topological polar surface area (TPSA) is 41.5 Å². The van der Waals surface area contributed by atoms with Crippen LogP contribution in [0.3, 0.4) is 0 Å². The average molecular weight is 395 g/mol. The standard InChI is InChI=1S/C22H26N4OS/c1-14-15(2)28-22-20(14)21(23-16(3)24-22)26-9-7-25(8-10-26)13-17-4-5-19-18(12-17)6-11-27-19/h4-5,12H,6-11,13H2,1-3H3. The van der Waals surface area contributed by atoms with E-state index in [9.17, 15) is 0 Å². The van der Waals surface area contributed by atoms with Crippen molar-refractivity contribution in [3.63, 3.8) is 0 Å². The smallest absolute Gasteiger partial charge is 0.141 e. The van der Waals surface area contributed by atoms with Gasteiger partial charge in [-0.05, 0) is 43.5 Å². The van der Waals surface area contributed by atoms with Gasteiger partial charge in [-0.1, -0.05) is 12.1 Å². The lowest BCUT2D eigenvalue weighted by molar-refractivity contribution is 0.249. The van der Waals surface area contributed by atoms with E-state index in [1.165, 1.54) is 27.0 Å². The number of fused-ring (bicyclic) bond motifs is 2. The largest absolute Gasteiger partial charge is 0.493 e. The van der Waals surface area contributed by atoms with Crippen molar-refractivity contribution in [2.45, 2.75) is 33.7 Å². The van der Waals surface area contributed by atoms with Crippen LogP contribution in [0.15, 0.2) is 18.2 Å². The van der Waals surface area contributed by atoms with Crippen molar-refractivity contribution in [3.05, 3.63) is 45.6 Å². The van der Waals surface area contributed by atoms with E-state index in [0.717, 1.165) is 68.0 Å². The first-order valence-corrected chi connectivity index (χ1v) is 10.9. The molecule has 28 heavy (non-hydrogen) atoms. The maximum Gasteiger partial charge on any atom is 0.141 e. The molecule has 0 spiro atoms. The summed E-state index contributed by atoms with van der Waals surface area (Å²) >= 11 is 1.78. The molecule has 0 saturated carbocycles. The quantitative estimate of drug-likeness (QED) is 0.674. The Morgan fingerprint density at radius 3 is 2.71 bits per heavy atom. The lowest BCUT2D eigenvalue weighted by atomic mass is 10.1. The van der Waals surface area contributed by atoms with Gasteiger partial charge >= 0.3 is 0 Å². The minimum absolute atomic E-state index is 0.825. The normalized spacial score (nSPS) is 17.2. The number of anilines is 1. The minimum Gasteiger partial charge on any atom is -0.493 e. The van der Waals surface area contributed by atoms with Gasteiger partial charge in [0.2, 0.25) is 0 Å². The third-order valence-corrected chi connectivity index (χ3v) is 7.05. The van der Waals surface area contributed by atoms with Crippen LogP contribution in [0.4, 0.5) is 5.82 Å². The molecule has 3 aromatic rings. The van der Waals surface area contributed by atoms with Crippen molar-refractivity contribution < 1.29 is 4.74 Å². The highest BCUT2D eigenvalue weighted by atomic mass is 32.1. The second kappa shape index (κ2) is 7.01. The summed E-state index contributed by atoms with van der Waals surface area (Å²) < 4.78 is 5.63. The highest BCUT2D eigenvalue weighted by molar-refractivity contribution is 7.18. The number of hydrogen-bond donors (Lipinski definition) is 0. The molecule has 0 radical (unpaired) electrons. The predicted octanol–water partition coefficient (Wildman–Crippen LogP) is 3.87. The molecule has 1 saturated heterocycles. The van der Waals surface area contributed by atoms with Gasteiger partial charge in [0, 0.05) is 44.0 Å². The van der Waals surface area contributed by atoms with Crippen LogP contribution >= 0.6 is 11.3 Å². The summed E-state index contributed by atoms with van der Waals surface area (Å²) in [5, 5.41) is 1.25. The van der Waals surface area contributed by atoms with Crippen molar-refractivity contribution in [2.75, 3.05) is 37.7 Å². The highest BCUT2D eigenvalue weighted by Gasteiger charge is 2.23. The number of thiophene rings is 1. The fourth-order valence-electron chi connectivity index (χ4n) is 4.28. The Kier molecular flexibility index (Phi) is 4.48. The van der Waals surface area contributed by atoms with Crippen LogP contribution in [0.25, 0.3) is 10.2 Å². The molecule has 5 nitrogen and oxygen atoms in total. The zero-order valence-corrected chi connectivity index (χ0v) is 17.6. The number of ether oxygens (including phenoxy) is 1. The molecule has 2 aliphatic rings. The Hall–Kier alpha value is -2.18. The van der Waals surface area contributed by atoms with Crippen LogP contribution in [0, 0.1) is 20.8 Å². The van der Waals surface area contributed by atoms with Gasteiger partial charge in [0.1, 0.15) is 22.2 Å². The van der Waals surface area contributed by atoms with Gasteiger partial charge < -0.3 is 9.64 Å². The molecule has 1 fully saturated rings. The van der Waals surface area contributed by atoms with Gasteiger partial charge in [0.25, 0.3) is 0 Å². The average Bonchev–Trinajstić information content (AvgIpc) is 3.26. The number of piperazine rings is 1. The molecule has 0 bridgehead atoms. The molecule has 4 heterocycles. The molecular formula is C22H26N4OS. The number of hydrogen-bond acceptors (Lipinski definition) is 6. The SMILES string of the molecule is Cc1nc(N2CCN(Cc3ccc4c(c3)CCO4)CC2)c2c(C)c(C)sc2n1. The van der Waals surface area contributed by atoms with Crippen LogP contribution in [0.5, 0.6) is 5.75 Å². The van der Waals surface area contributed by atoms with E-state index in [0.29, 0.717) is 0 Å². The van der Waals surface area contributed by atoms with Gasteiger partial charge in [-0.25, -0.2) is 9.97 Å². The molecule has 0 unspecified atom stereocenters. The molecule has 0 atom stereocenters. The molecule has 5 rings (SSSR count). The zero-order valence-electron chi connectivity index (χ0n) is 16.8. The summed E-state index contributed by atoms with van der Waals surface area (Å²) in [6.07, 6.45) is 1.04. The number of rotatable bonds is 3. The number of benzene rings is 1. The monoisotopic (exact) mass is 394 g/mol. The van der Waals surface area contributed by atoms with Crippen molar-refractivity contribution >= 4 is 27.4 Å². The molecular weight excluding hydrogens is 368 g/mol. The summed E-state index contributed by atoms with van der Waals surface area (Å²) in [6, 6.07) is 6.67. The Morgan fingerprint density at radius 2 is 1.89 bits per heavy atom. The number of nitrogens with zero attached hydrogens (tertiary/aromatic N) is 4. The first kappa shape index (κ1) is 17.9. The Morgan fingerprint density at radius 1 is 1.07 bits per heavy atom. The van der Waals surface area contributed by atoms with E-state index < -0.39 is 0 Å². The van der Waals surface area contributed by atoms with Gasteiger partial charge in [0.05, 0.1) is 12.0 Å². The Bertz CT molecular complexity index is 1040.